The number of phenols is 2. The van der Waals surface area contributed by atoms with E-state index in [1.165, 1.54) is 12.1 Å². The number of phenolic OH excluding ortho intramolecular Hbond substituents is 2. The molecule has 0 bridgehead atoms. The lowest BCUT2D eigenvalue weighted by Crippen LogP contribution is -2.10. The number of benzene rings is 1. The topological polar surface area (TPSA) is 128 Å². The molecule has 2 aromatic heterocycles. The average molecular weight is 232 g/mol. The van der Waals surface area contributed by atoms with Gasteiger partial charge in [-0.25, -0.2) is 0 Å². The van der Waals surface area contributed by atoms with E-state index in [9.17, 15) is 15.0 Å². The second-order valence-electron chi connectivity index (χ2n) is 3.69. The van der Waals surface area contributed by atoms with Crippen LogP contribution in [0.15, 0.2) is 16.9 Å². The summed E-state index contributed by atoms with van der Waals surface area (Å²) in [6.45, 7) is 0. The predicted molar refractivity (Wildman–Crippen MR) is 62.0 cm³/mol. The van der Waals surface area contributed by atoms with E-state index in [0.29, 0.717) is 21.9 Å². The molecule has 0 amide bonds. The number of fused-ring (bicyclic) bond motifs is 3. The van der Waals surface area contributed by atoms with E-state index >= 15 is 0 Å². The Balaban J connectivity index is 2.60. The summed E-state index contributed by atoms with van der Waals surface area (Å²) in [5.41, 5.74) is 5.83. The number of aromatic nitrogens is 3. The van der Waals surface area contributed by atoms with E-state index in [4.69, 9.17) is 5.73 Å². The van der Waals surface area contributed by atoms with Gasteiger partial charge in [-0.2, -0.15) is 4.98 Å². The summed E-state index contributed by atoms with van der Waals surface area (Å²) in [6.07, 6.45) is 0. The molecule has 0 fully saturated rings. The van der Waals surface area contributed by atoms with Crippen LogP contribution in [0.25, 0.3) is 21.9 Å². The number of aromatic amines is 2. The molecular formula is C10H8N4O3. The molecule has 7 heteroatoms. The third-order valence-corrected chi connectivity index (χ3v) is 2.57. The van der Waals surface area contributed by atoms with E-state index in [1.807, 2.05) is 0 Å². The van der Waals surface area contributed by atoms with E-state index in [2.05, 4.69) is 15.0 Å². The highest BCUT2D eigenvalue weighted by atomic mass is 16.3. The van der Waals surface area contributed by atoms with E-state index in [0.717, 1.165) is 0 Å². The smallest absolute Gasteiger partial charge is 0.262 e. The molecule has 3 aromatic rings. The van der Waals surface area contributed by atoms with Gasteiger partial charge in [0, 0.05) is 11.5 Å². The fourth-order valence-electron chi connectivity index (χ4n) is 1.85. The van der Waals surface area contributed by atoms with Crippen molar-refractivity contribution in [2.75, 3.05) is 5.73 Å². The van der Waals surface area contributed by atoms with Gasteiger partial charge in [0.1, 0.15) is 5.65 Å². The predicted octanol–water partition coefficient (Wildman–Crippen LogP) is 0.398. The monoisotopic (exact) mass is 232 g/mol. The van der Waals surface area contributed by atoms with Crippen molar-refractivity contribution in [1.29, 1.82) is 0 Å². The van der Waals surface area contributed by atoms with Crippen LogP contribution in [0, 0.1) is 0 Å². The molecular weight excluding hydrogens is 224 g/mol. The minimum absolute atomic E-state index is 0.00231. The quantitative estimate of drug-likeness (QED) is 0.358. The molecule has 0 aliphatic carbocycles. The zero-order chi connectivity index (χ0) is 12.2. The number of anilines is 1. The lowest BCUT2D eigenvalue weighted by molar-refractivity contribution is 0.405. The molecule has 3 rings (SSSR count). The molecule has 17 heavy (non-hydrogen) atoms. The first-order valence-electron chi connectivity index (χ1n) is 4.79. The Morgan fingerprint density at radius 1 is 1.18 bits per heavy atom. The second kappa shape index (κ2) is 2.91. The molecule has 0 aliphatic rings. The maximum absolute atomic E-state index is 11.7. The summed E-state index contributed by atoms with van der Waals surface area (Å²) in [7, 11) is 0. The van der Waals surface area contributed by atoms with Crippen molar-refractivity contribution in [3.05, 3.63) is 22.5 Å². The van der Waals surface area contributed by atoms with Gasteiger partial charge in [0.15, 0.2) is 11.5 Å². The highest BCUT2D eigenvalue weighted by molar-refractivity contribution is 6.06. The van der Waals surface area contributed by atoms with Crippen LogP contribution >= 0.6 is 0 Å². The minimum Gasteiger partial charge on any atom is -0.504 e. The molecule has 0 saturated carbocycles. The van der Waals surface area contributed by atoms with E-state index < -0.39 is 5.56 Å². The number of rotatable bonds is 0. The second-order valence-corrected chi connectivity index (χ2v) is 3.69. The summed E-state index contributed by atoms with van der Waals surface area (Å²) < 4.78 is 0. The van der Waals surface area contributed by atoms with Gasteiger partial charge < -0.3 is 20.9 Å². The van der Waals surface area contributed by atoms with Crippen LogP contribution in [0.4, 0.5) is 5.95 Å². The van der Waals surface area contributed by atoms with Crippen molar-refractivity contribution in [2.45, 2.75) is 0 Å². The van der Waals surface area contributed by atoms with Crippen molar-refractivity contribution in [3.8, 4) is 11.5 Å². The molecule has 7 nitrogen and oxygen atoms in total. The van der Waals surface area contributed by atoms with Gasteiger partial charge in [-0.05, 0) is 6.07 Å². The number of hydrogen-bond donors (Lipinski definition) is 5. The van der Waals surface area contributed by atoms with Crippen molar-refractivity contribution < 1.29 is 10.2 Å². The molecule has 86 valence electrons. The van der Waals surface area contributed by atoms with Crippen molar-refractivity contribution in [1.82, 2.24) is 15.0 Å². The molecule has 2 heterocycles. The maximum atomic E-state index is 11.7. The molecule has 0 saturated heterocycles. The number of nitrogens with two attached hydrogens (primary N) is 1. The zero-order valence-corrected chi connectivity index (χ0v) is 8.48. The van der Waals surface area contributed by atoms with Crippen LogP contribution in [0.1, 0.15) is 0 Å². The number of aromatic hydroxyl groups is 2. The lowest BCUT2D eigenvalue weighted by atomic mass is 10.2. The van der Waals surface area contributed by atoms with Gasteiger partial charge in [-0.15, -0.1) is 0 Å². The van der Waals surface area contributed by atoms with Crippen LogP contribution in [-0.4, -0.2) is 25.2 Å². The number of hydrogen-bond acceptors (Lipinski definition) is 5. The highest BCUT2D eigenvalue weighted by Gasteiger charge is 2.12. The first-order chi connectivity index (χ1) is 8.06. The van der Waals surface area contributed by atoms with Crippen molar-refractivity contribution in [3.63, 3.8) is 0 Å². The summed E-state index contributed by atoms with van der Waals surface area (Å²) in [5.74, 6) is -0.564. The normalized spacial score (nSPS) is 11.3. The maximum Gasteiger partial charge on any atom is 0.262 e. The van der Waals surface area contributed by atoms with Crippen molar-refractivity contribution in [2.24, 2.45) is 0 Å². The average Bonchev–Trinajstić information content (AvgIpc) is 2.56. The SMILES string of the molecule is Nc1nc2[nH]c3cc(O)c(O)cc3c2c(=O)[nH]1. The van der Waals surface area contributed by atoms with Gasteiger partial charge in [0.05, 0.1) is 10.9 Å². The zero-order valence-electron chi connectivity index (χ0n) is 8.48. The molecule has 0 radical (unpaired) electrons. The van der Waals surface area contributed by atoms with Crippen LogP contribution in [0.2, 0.25) is 0 Å². The third-order valence-electron chi connectivity index (χ3n) is 2.57. The number of nitrogens with one attached hydrogen (secondary N) is 2. The van der Waals surface area contributed by atoms with Crippen LogP contribution < -0.4 is 11.3 Å². The number of nitrogens with zero attached hydrogens (tertiary/aromatic N) is 1. The Morgan fingerprint density at radius 2 is 1.88 bits per heavy atom. The van der Waals surface area contributed by atoms with Gasteiger partial charge >= 0.3 is 0 Å². The Labute approximate surface area is 93.5 Å². The molecule has 6 N–H and O–H groups in total. The standard InChI is InChI=1S/C10H8N4O3/c11-10-13-8-7(9(17)14-10)3-1-5(15)6(16)2-4(3)12-8/h1-2,15-16H,(H4,11,12,13,14,17). The first-order valence-corrected chi connectivity index (χ1v) is 4.79. The summed E-state index contributed by atoms with van der Waals surface area (Å²) in [5, 5.41) is 19.6. The van der Waals surface area contributed by atoms with Crippen LogP contribution in [0.5, 0.6) is 11.5 Å². The van der Waals surface area contributed by atoms with Crippen LogP contribution in [0.3, 0.4) is 0 Å². The molecule has 0 unspecified atom stereocenters. The molecule has 1 aromatic carbocycles. The Kier molecular flexibility index (Phi) is 1.63. The van der Waals surface area contributed by atoms with Gasteiger partial charge in [0.2, 0.25) is 5.95 Å². The van der Waals surface area contributed by atoms with Crippen LogP contribution in [-0.2, 0) is 0 Å². The van der Waals surface area contributed by atoms with Crippen molar-refractivity contribution >= 4 is 27.9 Å². The minimum atomic E-state index is -0.399. The summed E-state index contributed by atoms with van der Waals surface area (Å²) in [4.78, 5) is 20.9. The number of H-pyrrole nitrogens is 2. The highest BCUT2D eigenvalue weighted by Crippen LogP contribution is 2.32. The Bertz CT molecular complexity index is 803. The molecule has 0 spiro atoms. The van der Waals surface area contributed by atoms with Gasteiger partial charge in [-0.3, -0.25) is 9.78 Å². The fraction of sp³-hybridized carbons (Fsp3) is 0. The number of nitrogen functional groups attached to an aromatic ring is 1. The Morgan fingerprint density at radius 3 is 2.65 bits per heavy atom. The summed E-state index contributed by atoms with van der Waals surface area (Å²) >= 11 is 0. The fourth-order valence-corrected chi connectivity index (χ4v) is 1.85. The third kappa shape index (κ3) is 1.22. The van der Waals surface area contributed by atoms with Gasteiger partial charge in [-0.1, -0.05) is 0 Å². The largest absolute Gasteiger partial charge is 0.504 e. The summed E-state index contributed by atoms with van der Waals surface area (Å²) in [6, 6.07) is 2.62. The first kappa shape index (κ1) is 9.52. The molecule has 0 atom stereocenters. The lowest BCUT2D eigenvalue weighted by Gasteiger charge is -1.96. The van der Waals surface area contributed by atoms with Gasteiger partial charge in [0.25, 0.3) is 5.56 Å². The van der Waals surface area contributed by atoms with E-state index in [1.54, 1.807) is 0 Å². The molecule has 0 aliphatic heterocycles. The Hall–Kier alpha value is -2.70. The van der Waals surface area contributed by atoms with E-state index in [-0.39, 0.29) is 17.4 Å².